The number of hydrogen-bond donors (Lipinski definition) is 1. The standard InChI is InChI=1S/C15H15ClFN/c1-8-4-9(2)14(10(3)5-8)12-6-11(17)7-13(16)15(12)18/h4-7H,18H2,1-3H3. The third kappa shape index (κ3) is 2.21. The fourth-order valence-corrected chi connectivity index (χ4v) is 2.60. The number of anilines is 1. The molecule has 0 atom stereocenters. The minimum Gasteiger partial charge on any atom is -0.397 e. The van der Waals surface area contributed by atoms with Crippen LogP contribution in [0.25, 0.3) is 11.1 Å². The molecule has 0 aromatic heterocycles. The molecule has 0 spiro atoms. The monoisotopic (exact) mass is 263 g/mol. The van der Waals surface area contributed by atoms with Crippen LogP contribution in [0.2, 0.25) is 5.02 Å². The molecule has 0 aliphatic rings. The normalized spacial score (nSPS) is 10.7. The Balaban J connectivity index is 2.77. The smallest absolute Gasteiger partial charge is 0.125 e. The topological polar surface area (TPSA) is 26.0 Å². The minimum atomic E-state index is -0.372. The average Bonchev–Trinajstić information content (AvgIpc) is 2.23. The van der Waals surface area contributed by atoms with Gasteiger partial charge in [-0.15, -0.1) is 0 Å². The van der Waals surface area contributed by atoms with Crippen molar-refractivity contribution >= 4 is 17.3 Å². The predicted molar refractivity (Wildman–Crippen MR) is 75.5 cm³/mol. The summed E-state index contributed by atoms with van der Waals surface area (Å²) in [5, 5.41) is 0.254. The number of halogens is 2. The van der Waals surface area contributed by atoms with Gasteiger partial charge in [0.1, 0.15) is 5.82 Å². The molecule has 94 valence electrons. The van der Waals surface area contributed by atoms with Crippen molar-refractivity contribution in [1.29, 1.82) is 0 Å². The maximum absolute atomic E-state index is 13.5. The average molecular weight is 264 g/mol. The van der Waals surface area contributed by atoms with Crippen LogP contribution in [0.15, 0.2) is 24.3 Å². The first kappa shape index (κ1) is 12.9. The molecule has 2 aromatic rings. The Bertz CT molecular complexity index is 597. The van der Waals surface area contributed by atoms with Crippen LogP contribution in [0.4, 0.5) is 10.1 Å². The van der Waals surface area contributed by atoms with Crippen molar-refractivity contribution in [3.05, 3.63) is 51.8 Å². The lowest BCUT2D eigenvalue weighted by atomic mass is 9.93. The Morgan fingerprint density at radius 1 is 1.00 bits per heavy atom. The van der Waals surface area contributed by atoms with Crippen molar-refractivity contribution in [2.75, 3.05) is 5.73 Å². The van der Waals surface area contributed by atoms with Crippen molar-refractivity contribution in [3.8, 4) is 11.1 Å². The maximum atomic E-state index is 13.5. The zero-order valence-electron chi connectivity index (χ0n) is 10.6. The summed E-state index contributed by atoms with van der Waals surface area (Å²) in [6, 6.07) is 6.78. The van der Waals surface area contributed by atoms with Crippen molar-refractivity contribution in [3.63, 3.8) is 0 Å². The molecule has 3 heteroatoms. The van der Waals surface area contributed by atoms with Gasteiger partial charge in [-0.2, -0.15) is 0 Å². The molecular weight excluding hydrogens is 249 g/mol. The van der Waals surface area contributed by atoms with Gasteiger partial charge >= 0.3 is 0 Å². The van der Waals surface area contributed by atoms with Crippen LogP contribution in [0.1, 0.15) is 16.7 Å². The molecule has 0 amide bonds. The van der Waals surface area contributed by atoms with Gasteiger partial charge in [0.05, 0.1) is 10.7 Å². The summed E-state index contributed by atoms with van der Waals surface area (Å²) >= 11 is 5.94. The molecule has 2 aromatic carbocycles. The Kier molecular flexibility index (Phi) is 3.31. The number of nitrogens with two attached hydrogens (primary N) is 1. The van der Waals surface area contributed by atoms with E-state index in [-0.39, 0.29) is 10.8 Å². The third-order valence-corrected chi connectivity index (χ3v) is 3.35. The second-order valence-corrected chi connectivity index (χ2v) is 5.03. The van der Waals surface area contributed by atoms with E-state index in [1.165, 1.54) is 17.7 Å². The lowest BCUT2D eigenvalue weighted by Gasteiger charge is -2.14. The first-order valence-corrected chi connectivity index (χ1v) is 6.10. The van der Waals surface area contributed by atoms with Gasteiger partial charge in [-0.25, -0.2) is 4.39 Å². The van der Waals surface area contributed by atoms with E-state index in [4.69, 9.17) is 17.3 Å². The van der Waals surface area contributed by atoms with E-state index in [0.717, 1.165) is 16.7 Å². The fraction of sp³-hybridized carbons (Fsp3) is 0.200. The van der Waals surface area contributed by atoms with Gasteiger partial charge < -0.3 is 5.73 Å². The number of rotatable bonds is 1. The Labute approximate surface area is 111 Å². The summed E-state index contributed by atoms with van der Waals surface area (Å²) in [6.07, 6.45) is 0. The maximum Gasteiger partial charge on any atom is 0.125 e. The van der Waals surface area contributed by atoms with Gasteiger partial charge in [-0.05, 0) is 49.6 Å². The summed E-state index contributed by atoms with van der Waals surface area (Å²) < 4.78 is 13.5. The molecular formula is C15H15ClFN. The number of benzene rings is 2. The van der Waals surface area contributed by atoms with Crippen LogP contribution < -0.4 is 5.73 Å². The van der Waals surface area contributed by atoms with Crippen LogP contribution in [0, 0.1) is 26.6 Å². The molecule has 0 aliphatic carbocycles. The van der Waals surface area contributed by atoms with Crippen LogP contribution in [-0.2, 0) is 0 Å². The highest BCUT2D eigenvalue weighted by molar-refractivity contribution is 6.33. The molecule has 18 heavy (non-hydrogen) atoms. The highest BCUT2D eigenvalue weighted by atomic mass is 35.5. The number of hydrogen-bond acceptors (Lipinski definition) is 1. The van der Waals surface area contributed by atoms with E-state index in [9.17, 15) is 4.39 Å². The quantitative estimate of drug-likeness (QED) is 0.745. The molecule has 0 saturated carbocycles. The number of aryl methyl sites for hydroxylation is 3. The lowest BCUT2D eigenvalue weighted by molar-refractivity contribution is 0.628. The zero-order chi connectivity index (χ0) is 13.4. The molecule has 0 bridgehead atoms. The van der Waals surface area contributed by atoms with Crippen LogP contribution in [0.3, 0.4) is 0 Å². The van der Waals surface area contributed by atoms with Crippen molar-refractivity contribution in [2.45, 2.75) is 20.8 Å². The van der Waals surface area contributed by atoms with Crippen molar-refractivity contribution in [1.82, 2.24) is 0 Å². The molecule has 2 rings (SSSR count). The summed E-state index contributed by atoms with van der Waals surface area (Å²) in [6.45, 7) is 6.02. The Morgan fingerprint density at radius 3 is 2.11 bits per heavy atom. The number of nitrogen functional groups attached to an aromatic ring is 1. The first-order chi connectivity index (χ1) is 8.40. The fourth-order valence-electron chi connectivity index (χ4n) is 2.40. The van der Waals surface area contributed by atoms with E-state index < -0.39 is 0 Å². The van der Waals surface area contributed by atoms with E-state index in [0.29, 0.717) is 11.3 Å². The summed E-state index contributed by atoms with van der Waals surface area (Å²) in [5.74, 6) is -0.372. The second kappa shape index (κ2) is 4.62. The SMILES string of the molecule is Cc1cc(C)c(-c2cc(F)cc(Cl)c2N)c(C)c1. The van der Waals surface area contributed by atoms with E-state index in [1.54, 1.807) is 0 Å². The minimum absolute atomic E-state index is 0.254. The molecule has 0 aliphatic heterocycles. The van der Waals surface area contributed by atoms with E-state index in [1.807, 2.05) is 20.8 Å². The second-order valence-electron chi connectivity index (χ2n) is 4.62. The largest absolute Gasteiger partial charge is 0.397 e. The molecule has 0 unspecified atom stereocenters. The highest BCUT2D eigenvalue weighted by Crippen LogP contribution is 2.36. The van der Waals surface area contributed by atoms with Gasteiger partial charge in [0.25, 0.3) is 0 Å². The Hall–Kier alpha value is -1.54. The van der Waals surface area contributed by atoms with Crippen LogP contribution in [-0.4, -0.2) is 0 Å². The predicted octanol–water partition coefficient (Wildman–Crippen LogP) is 4.65. The molecule has 0 radical (unpaired) electrons. The third-order valence-electron chi connectivity index (χ3n) is 3.04. The summed E-state index contributed by atoms with van der Waals surface area (Å²) in [5.41, 5.74) is 11.3. The van der Waals surface area contributed by atoms with Crippen molar-refractivity contribution < 1.29 is 4.39 Å². The van der Waals surface area contributed by atoms with E-state index in [2.05, 4.69) is 12.1 Å². The molecule has 1 nitrogen and oxygen atoms in total. The lowest BCUT2D eigenvalue weighted by Crippen LogP contribution is -1.97. The van der Waals surface area contributed by atoms with Gasteiger partial charge in [-0.1, -0.05) is 29.3 Å². The van der Waals surface area contributed by atoms with Gasteiger partial charge in [0.15, 0.2) is 0 Å². The summed E-state index contributed by atoms with van der Waals surface area (Å²) in [4.78, 5) is 0. The molecule has 0 heterocycles. The molecule has 0 fully saturated rings. The van der Waals surface area contributed by atoms with E-state index >= 15 is 0 Å². The highest BCUT2D eigenvalue weighted by Gasteiger charge is 2.13. The van der Waals surface area contributed by atoms with Gasteiger partial charge in [0.2, 0.25) is 0 Å². The van der Waals surface area contributed by atoms with Crippen LogP contribution in [0.5, 0.6) is 0 Å². The van der Waals surface area contributed by atoms with Crippen LogP contribution >= 0.6 is 11.6 Å². The Morgan fingerprint density at radius 2 is 1.56 bits per heavy atom. The summed E-state index contributed by atoms with van der Waals surface area (Å²) in [7, 11) is 0. The van der Waals surface area contributed by atoms with Crippen molar-refractivity contribution in [2.24, 2.45) is 0 Å². The zero-order valence-corrected chi connectivity index (χ0v) is 11.4. The van der Waals surface area contributed by atoms with Gasteiger partial charge in [-0.3, -0.25) is 0 Å². The first-order valence-electron chi connectivity index (χ1n) is 5.73. The van der Waals surface area contributed by atoms with Gasteiger partial charge in [0, 0.05) is 5.56 Å². The molecule has 0 saturated heterocycles. The molecule has 2 N–H and O–H groups in total.